The molecule has 0 aliphatic carbocycles. The Morgan fingerprint density at radius 2 is 2.00 bits per heavy atom. The molecule has 0 radical (unpaired) electrons. The summed E-state index contributed by atoms with van der Waals surface area (Å²) in [6, 6.07) is 1.24. The van der Waals surface area contributed by atoms with E-state index >= 15 is 0 Å². The van der Waals surface area contributed by atoms with Gasteiger partial charge in [-0.15, -0.1) is 0 Å². The molecule has 2 atom stereocenters. The summed E-state index contributed by atoms with van der Waals surface area (Å²) in [6.45, 7) is 17.6. The second-order valence-electron chi connectivity index (χ2n) is 6.70. The molecule has 1 rings (SSSR count). The molecule has 18 heavy (non-hydrogen) atoms. The average molecular weight is 255 g/mol. The highest BCUT2D eigenvalue weighted by Crippen LogP contribution is 2.24. The van der Waals surface area contributed by atoms with Crippen molar-refractivity contribution in [2.45, 2.75) is 53.1 Å². The highest BCUT2D eigenvalue weighted by molar-refractivity contribution is 4.86. The molecule has 108 valence electrons. The summed E-state index contributed by atoms with van der Waals surface area (Å²) < 4.78 is 0. The lowest BCUT2D eigenvalue weighted by molar-refractivity contribution is 0.112. The Hall–Kier alpha value is -0.120. The van der Waals surface area contributed by atoms with E-state index in [1.54, 1.807) is 0 Å². The lowest BCUT2D eigenvalue weighted by Crippen LogP contribution is -2.49. The van der Waals surface area contributed by atoms with Crippen LogP contribution in [0.5, 0.6) is 0 Å². The zero-order valence-electron chi connectivity index (χ0n) is 13.3. The molecule has 2 unspecified atom stereocenters. The molecule has 1 aliphatic heterocycles. The minimum absolute atomic E-state index is 0.327. The molecule has 0 saturated carbocycles. The van der Waals surface area contributed by atoms with Crippen molar-refractivity contribution < 1.29 is 0 Å². The van der Waals surface area contributed by atoms with Gasteiger partial charge in [-0.1, -0.05) is 20.8 Å². The van der Waals surface area contributed by atoms with E-state index in [4.69, 9.17) is 0 Å². The Morgan fingerprint density at radius 3 is 2.61 bits per heavy atom. The fraction of sp³-hybridized carbons (Fsp3) is 1.00. The average Bonchev–Trinajstić information content (AvgIpc) is 2.41. The number of nitrogens with zero attached hydrogens (tertiary/aromatic N) is 2. The first-order valence-electron chi connectivity index (χ1n) is 7.52. The zero-order valence-corrected chi connectivity index (χ0v) is 13.3. The monoisotopic (exact) mass is 255 g/mol. The van der Waals surface area contributed by atoms with Crippen molar-refractivity contribution in [3.8, 4) is 0 Å². The first-order chi connectivity index (χ1) is 8.36. The third kappa shape index (κ3) is 4.52. The Morgan fingerprint density at radius 1 is 1.33 bits per heavy atom. The molecule has 1 aliphatic rings. The van der Waals surface area contributed by atoms with Gasteiger partial charge in [-0.3, -0.25) is 4.90 Å². The fourth-order valence-electron chi connectivity index (χ4n) is 2.90. The van der Waals surface area contributed by atoms with Crippen LogP contribution in [0.25, 0.3) is 0 Å². The van der Waals surface area contributed by atoms with Crippen LogP contribution in [0.15, 0.2) is 0 Å². The Balaban J connectivity index is 2.58. The van der Waals surface area contributed by atoms with E-state index < -0.39 is 0 Å². The standard InChI is InChI=1S/C15H33N3/c1-7-16-14(3)15(4,5)12-18-10-8-9-17(6)11-13(18)2/h13-14,16H,7-12H2,1-6H3. The topological polar surface area (TPSA) is 18.5 Å². The van der Waals surface area contributed by atoms with Crippen molar-refractivity contribution in [1.29, 1.82) is 0 Å². The second-order valence-corrected chi connectivity index (χ2v) is 6.70. The highest BCUT2D eigenvalue weighted by atomic mass is 15.2. The van der Waals surface area contributed by atoms with Crippen molar-refractivity contribution in [1.82, 2.24) is 15.1 Å². The number of hydrogen-bond acceptors (Lipinski definition) is 3. The van der Waals surface area contributed by atoms with Crippen LogP contribution in [0, 0.1) is 5.41 Å². The van der Waals surface area contributed by atoms with Gasteiger partial charge < -0.3 is 10.2 Å². The molecule has 0 spiro atoms. The molecule has 0 amide bonds. The second kappa shape index (κ2) is 6.88. The molecule has 1 heterocycles. The first kappa shape index (κ1) is 15.9. The molecule has 0 aromatic rings. The van der Waals surface area contributed by atoms with Crippen molar-refractivity contribution in [2.75, 3.05) is 39.8 Å². The van der Waals surface area contributed by atoms with Gasteiger partial charge in [0.15, 0.2) is 0 Å². The van der Waals surface area contributed by atoms with Crippen molar-refractivity contribution in [3.05, 3.63) is 0 Å². The van der Waals surface area contributed by atoms with Gasteiger partial charge in [0.1, 0.15) is 0 Å². The van der Waals surface area contributed by atoms with Gasteiger partial charge in [-0.25, -0.2) is 0 Å². The predicted octanol–water partition coefficient (Wildman–Crippen LogP) is 2.04. The van der Waals surface area contributed by atoms with E-state index in [9.17, 15) is 0 Å². The molecule has 0 aromatic carbocycles. The Kier molecular flexibility index (Phi) is 6.09. The third-order valence-corrected chi connectivity index (χ3v) is 4.48. The van der Waals surface area contributed by atoms with Crippen LogP contribution in [0.1, 0.15) is 41.0 Å². The van der Waals surface area contributed by atoms with Crippen molar-refractivity contribution >= 4 is 0 Å². The van der Waals surface area contributed by atoms with Crippen LogP contribution in [0.3, 0.4) is 0 Å². The molecule has 3 nitrogen and oxygen atoms in total. The van der Waals surface area contributed by atoms with E-state index in [1.807, 2.05) is 0 Å². The van der Waals surface area contributed by atoms with Crippen molar-refractivity contribution in [3.63, 3.8) is 0 Å². The number of hydrogen-bond donors (Lipinski definition) is 1. The van der Waals surface area contributed by atoms with Gasteiger partial charge in [0.25, 0.3) is 0 Å². The molecule has 0 aromatic heterocycles. The molecule has 1 fully saturated rings. The fourth-order valence-corrected chi connectivity index (χ4v) is 2.90. The van der Waals surface area contributed by atoms with E-state index in [-0.39, 0.29) is 0 Å². The summed E-state index contributed by atoms with van der Waals surface area (Å²) in [5, 5.41) is 3.58. The number of rotatable bonds is 5. The molecular weight excluding hydrogens is 222 g/mol. The maximum Gasteiger partial charge on any atom is 0.0195 e. The first-order valence-corrected chi connectivity index (χ1v) is 7.52. The van der Waals surface area contributed by atoms with Crippen LogP contribution in [0.4, 0.5) is 0 Å². The van der Waals surface area contributed by atoms with Crippen LogP contribution in [-0.4, -0.2) is 61.7 Å². The Bertz CT molecular complexity index is 240. The molecule has 0 bridgehead atoms. The van der Waals surface area contributed by atoms with Gasteiger partial charge in [0, 0.05) is 25.2 Å². The quantitative estimate of drug-likeness (QED) is 0.811. The molecule has 1 N–H and O–H groups in total. The summed E-state index contributed by atoms with van der Waals surface area (Å²) in [6.07, 6.45) is 1.30. The minimum Gasteiger partial charge on any atom is -0.314 e. The van der Waals surface area contributed by atoms with E-state index in [0.29, 0.717) is 17.5 Å². The lowest BCUT2D eigenvalue weighted by Gasteiger charge is -2.39. The SMILES string of the molecule is CCNC(C)C(C)(C)CN1CCCN(C)CC1C. The summed E-state index contributed by atoms with van der Waals surface area (Å²) in [5.41, 5.74) is 0.327. The van der Waals surface area contributed by atoms with Crippen LogP contribution >= 0.6 is 0 Å². The van der Waals surface area contributed by atoms with Crippen LogP contribution in [-0.2, 0) is 0 Å². The number of likely N-dealkylation sites (N-methyl/N-ethyl adjacent to an activating group) is 1. The summed E-state index contributed by atoms with van der Waals surface area (Å²) in [4.78, 5) is 5.14. The van der Waals surface area contributed by atoms with E-state index in [1.165, 1.54) is 32.6 Å². The van der Waals surface area contributed by atoms with Crippen LogP contribution in [0.2, 0.25) is 0 Å². The van der Waals surface area contributed by atoms with Gasteiger partial charge in [0.05, 0.1) is 0 Å². The smallest absolute Gasteiger partial charge is 0.0195 e. The summed E-state index contributed by atoms with van der Waals surface area (Å²) in [7, 11) is 2.24. The predicted molar refractivity (Wildman–Crippen MR) is 80.1 cm³/mol. The summed E-state index contributed by atoms with van der Waals surface area (Å²) in [5.74, 6) is 0. The Labute approximate surface area is 114 Å². The number of nitrogens with one attached hydrogen (secondary N) is 1. The summed E-state index contributed by atoms with van der Waals surface area (Å²) >= 11 is 0. The normalized spacial score (nSPS) is 26.0. The van der Waals surface area contributed by atoms with E-state index in [2.05, 4.69) is 56.8 Å². The maximum atomic E-state index is 3.58. The zero-order chi connectivity index (χ0) is 13.8. The van der Waals surface area contributed by atoms with Crippen molar-refractivity contribution in [2.24, 2.45) is 5.41 Å². The molecule has 3 heteroatoms. The third-order valence-electron chi connectivity index (χ3n) is 4.48. The molecular formula is C15H33N3. The maximum absolute atomic E-state index is 3.58. The highest BCUT2D eigenvalue weighted by Gasteiger charge is 2.30. The lowest BCUT2D eigenvalue weighted by atomic mass is 9.84. The van der Waals surface area contributed by atoms with Gasteiger partial charge >= 0.3 is 0 Å². The largest absolute Gasteiger partial charge is 0.314 e. The van der Waals surface area contributed by atoms with Crippen LogP contribution < -0.4 is 5.32 Å². The van der Waals surface area contributed by atoms with E-state index in [0.717, 1.165) is 6.54 Å². The minimum atomic E-state index is 0.327. The van der Waals surface area contributed by atoms with Gasteiger partial charge in [0.2, 0.25) is 0 Å². The molecule has 1 saturated heterocycles. The van der Waals surface area contributed by atoms with Gasteiger partial charge in [-0.2, -0.15) is 0 Å². The van der Waals surface area contributed by atoms with Gasteiger partial charge in [-0.05, 0) is 52.4 Å².